The molecule has 5 N–H and O–H groups in total. The van der Waals surface area contributed by atoms with Crippen molar-refractivity contribution < 1.29 is 15.3 Å². The fourth-order valence-electron chi connectivity index (χ4n) is 2.53. The molecule has 0 spiro atoms. The molecule has 4 nitrogen and oxygen atoms in total. The Hall–Kier alpha value is -0.160. The average Bonchev–Trinajstić information content (AvgIpc) is 2.46. The Kier molecular flexibility index (Phi) is 13.4. The highest BCUT2D eigenvalue weighted by molar-refractivity contribution is 4.77. The highest BCUT2D eigenvalue weighted by atomic mass is 16.3. The summed E-state index contributed by atoms with van der Waals surface area (Å²) >= 11 is 0. The van der Waals surface area contributed by atoms with Gasteiger partial charge in [-0.2, -0.15) is 0 Å². The molecule has 128 valence electrons. The Bertz CT molecular complexity index is 224. The lowest BCUT2D eigenvalue weighted by Gasteiger charge is -2.22. The molecule has 0 aliphatic carbocycles. The second-order valence-electron chi connectivity index (χ2n) is 6.70. The van der Waals surface area contributed by atoms with Gasteiger partial charge in [0.2, 0.25) is 0 Å². The van der Waals surface area contributed by atoms with Gasteiger partial charge in [-0.3, -0.25) is 0 Å². The number of hydrogen-bond acceptors (Lipinski definition) is 4. The van der Waals surface area contributed by atoms with Crippen molar-refractivity contribution >= 4 is 0 Å². The number of unbranched alkanes of at least 4 members (excludes halogenated alkanes) is 7. The van der Waals surface area contributed by atoms with Crippen LogP contribution in [0.5, 0.6) is 0 Å². The van der Waals surface area contributed by atoms with E-state index < -0.39 is 18.2 Å². The largest absolute Gasteiger partial charge is 0.395 e. The Labute approximate surface area is 130 Å². The summed E-state index contributed by atoms with van der Waals surface area (Å²) in [7, 11) is 0. The van der Waals surface area contributed by atoms with E-state index in [1.54, 1.807) is 0 Å². The van der Waals surface area contributed by atoms with Gasteiger partial charge in [0, 0.05) is 0 Å². The van der Waals surface area contributed by atoms with Crippen molar-refractivity contribution in [2.45, 2.75) is 96.3 Å². The van der Waals surface area contributed by atoms with Crippen LogP contribution in [0.25, 0.3) is 0 Å². The summed E-state index contributed by atoms with van der Waals surface area (Å²) in [5.41, 5.74) is 5.49. The molecule has 0 aromatic heterocycles. The quantitative estimate of drug-likeness (QED) is 0.371. The van der Waals surface area contributed by atoms with Crippen LogP contribution in [0.3, 0.4) is 0 Å². The molecule has 0 amide bonds. The summed E-state index contributed by atoms with van der Waals surface area (Å²) in [4.78, 5) is 0. The SMILES string of the molecule is CC(C)CCCCCCCCCC[C@@H](O)[C@@H](O)[C@@H](N)CO. The minimum Gasteiger partial charge on any atom is -0.395 e. The van der Waals surface area contributed by atoms with Crippen molar-refractivity contribution in [3.8, 4) is 0 Å². The van der Waals surface area contributed by atoms with Gasteiger partial charge in [-0.15, -0.1) is 0 Å². The third-order valence-electron chi connectivity index (χ3n) is 4.08. The number of aliphatic hydroxyl groups is 3. The van der Waals surface area contributed by atoms with Gasteiger partial charge in [-0.1, -0.05) is 71.6 Å². The molecule has 0 fully saturated rings. The summed E-state index contributed by atoms with van der Waals surface area (Å²) in [5, 5.41) is 28.2. The van der Waals surface area contributed by atoms with Gasteiger partial charge in [0.1, 0.15) is 0 Å². The second-order valence-corrected chi connectivity index (χ2v) is 6.70. The van der Waals surface area contributed by atoms with Crippen LogP contribution in [-0.2, 0) is 0 Å². The molecule has 0 bridgehead atoms. The van der Waals surface area contributed by atoms with Crippen LogP contribution < -0.4 is 5.73 Å². The molecule has 0 unspecified atom stereocenters. The molecule has 0 aliphatic rings. The first kappa shape index (κ1) is 20.8. The van der Waals surface area contributed by atoms with Crippen molar-refractivity contribution in [1.82, 2.24) is 0 Å². The number of aliphatic hydroxyl groups excluding tert-OH is 3. The van der Waals surface area contributed by atoms with Gasteiger partial charge < -0.3 is 21.1 Å². The minimum atomic E-state index is -1.02. The van der Waals surface area contributed by atoms with Crippen molar-refractivity contribution in [1.29, 1.82) is 0 Å². The van der Waals surface area contributed by atoms with Crippen molar-refractivity contribution in [3.63, 3.8) is 0 Å². The molecule has 0 rings (SSSR count). The van der Waals surface area contributed by atoms with E-state index in [-0.39, 0.29) is 6.61 Å². The molecule has 0 aliphatic heterocycles. The molecule has 0 aromatic carbocycles. The van der Waals surface area contributed by atoms with E-state index in [0.717, 1.165) is 18.8 Å². The summed E-state index contributed by atoms with van der Waals surface area (Å²) < 4.78 is 0. The van der Waals surface area contributed by atoms with E-state index in [1.165, 1.54) is 44.9 Å². The van der Waals surface area contributed by atoms with Crippen LogP contribution in [0.2, 0.25) is 0 Å². The standard InChI is InChI=1S/C17H37NO3/c1-14(2)11-9-7-5-3-4-6-8-10-12-16(20)17(21)15(18)13-19/h14-17,19-21H,3-13,18H2,1-2H3/t15-,16+,17-/m0/s1. The van der Waals surface area contributed by atoms with E-state index in [1.807, 2.05) is 0 Å². The van der Waals surface area contributed by atoms with Gasteiger partial charge in [0.15, 0.2) is 0 Å². The normalized spacial score (nSPS) is 16.1. The van der Waals surface area contributed by atoms with Gasteiger partial charge >= 0.3 is 0 Å². The predicted octanol–water partition coefficient (Wildman–Crippen LogP) is 2.58. The van der Waals surface area contributed by atoms with E-state index >= 15 is 0 Å². The van der Waals surface area contributed by atoms with Gasteiger partial charge in [-0.05, 0) is 12.3 Å². The lowest BCUT2D eigenvalue weighted by atomic mass is 9.99. The number of hydrogen-bond donors (Lipinski definition) is 4. The summed E-state index contributed by atoms with van der Waals surface area (Å²) in [5.74, 6) is 0.825. The summed E-state index contributed by atoms with van der Waals surface area (Å²) in [6.07, 6.45) is 9.86. The molecular formula is C17H37NO3. The van der Waals surface area contributed by atoms with Crippen LogP contribution in [0.4, 0.5) is 0 Å². The summed E-state index contributed by atoms with van der Waals surface area (Å²) in [6.45, 7) is 4.26. The predicted molar refractivity (Wildman–Crippen MR) is 88.1 cm³/mol. The maximum atomic E-state index is 9.72. The van der Waals surface area contributed by atoms with Crippen molar-refractivity contribution in [3.05, 3.63) is 0 Å². The van der Waals surface area contributed by atoms with Crippen molar-refractivity contribution in [2.24, 2.45) is 11.7 Å². The highest BCUT2D eigenvalue weighted by Crippen LogP contribution is 2.14. The van der Waals surface area contributed by atoms with Crippen molar-refractivity contribution in [2.75, 3.05) is 6.61 Å². The second kappa shape index (κ2) is 13.5. The lowest BCUT2D eigenvalue weighted by Crippen LogP contribution is -2.45. The Morgan fingerprint density at radius 2 is 1.19 bits per heavy atom. The molecule has 0 aromatic rings. The Morgan fingerprint density at radius 3 is 1.62 bits per heavy atom. The lowest BCUT2D eigenvalue weighted by molar-refractivity contribution is -0.0121. The van der Waals surface area contributed by atoms with Crippen LogP contribution >= 0.6 is 0 Å². The third-order valence-corrected chi connectivity index (χ3v) is 4.08. The Balaban J connectivity index is 3.32. The zero-order valence-corrected chi connectivity index (χ0v) is 14.0. The van der Waals surface area contributed by atoms with Crippen LogP contribution in [0.15, 0.2) is 0 Å². The average molecular weight is 303 g/mol. The monoisotopic (exact) mass is 303 g/mol. The van der Waals surface area contributed by atoms with Gasteiger partial charge in [0.25, 0.3) is 0 Å². The van der Waals surface area contributed by atoms with E-state index in [9.17, 15) is 10.2 Å². The molecule has 4 heteroatoms. The number of nitrogens with two attached hydrogens (primary N) is 1. The van der Waals surface area contributed by atoms with E-state index in [0.29, 0.717) is 6.42 Å². The minimum absolute atomic E-state index is 0.297. The van der Waals surface area contributed by atoms with Gasteiger partial charge in [0.05, 0.1) is 24.9 Å². The highest BCUT2D eigenvalue weighted by Gasteiger charge is 2.22. The first-order valence-corrected chi connectivity index (χ1v) is 8.71. The maximum absolute atomic E-state index is 9.72. The first-order chi connectivity index (χ1) is 9.99. The Morgan fingerprint density at radius 1 is 0.762 bits per heavy atom. The van der Waals surface area contributed by atoms with Crippen LogP contribution in [0.1, 0.15) is 78.1 Å². The molecule has 0 saturated heterocycles. The number of rotatable bonds is 14. The van der Waals surface area contributed by atoms with E-state index in [2.05, 4.69) is 13.8 Å². The maximum Gasteiger partial charge on any atom is 0.0971 e. The zero-order chi connectivity index (χ0) is 16.1. The first-order valence-electron chi connectivity index (χ1n) is 8.71. The topological polar surface area (TPSA) is 86.7 Å². The van der Waals surface area contributed by atoms with Gasteiger partial charge in [-0.25, -0.2) is 0 Å². The summed E-state index contributed by atoms with van der Waals surface area (Å²) in [6, 6.07) is -0.745. The fourth-order valence-corrected chi connectivity index (χ4v) is 2.53. The molecule has 0 saturated carbocycles. The van der Waals surface area contributed by atoms with Crippen LogP contribution in [-0.4, -0.2) is 40.2 Å². The van der Waals surface area contributed by atoms with Crippen LogP contribution in [0, 0.1) is 5.92 Å². The fraction of sp³-hybridized carbons (Fsp3) is 1.00. The third kappa shape index (κ3) is 12.1. The molecule has 3 atom stereocenters. The molecule has 21 heavy (non-hydrogen) atoms. The smallest absolute Gasteiger partial charge is 0.0971 e. The molecule has 0 heterocycles. The molecular weight excluding hydrogens is 266 g/mol. The van der Waals surface area contributed by atoms with E-state index in [4.69, 9.17) is 10.8 Å². The molecule has 0 radical (unpaired) electrons. The zero-order valence-electron chi connectivity index (χ0n) is 14.0.